The van der Waals surface area contributed by atoms with Crippen LogP contribution in [0.5, 0.6) is 5.75 Å². The molecule has 2 rings (SSSR count). The molecular weight excluding hydrogens is 356 g/mol. The van der Waals surface area contributed by atoms with E-state index in [1.165, 1.54) is 0 Å². The molecule has 0 unspecified atom stereocenters. The van der Waals surface area contributed by atoms with Gasteiger partial charge in [0.05, 0.1) is 13.2 Å². The van der Waals surface area contributed by atoms with Gasteiger partial charge in [0, 0.05) is 23.7 Å². The first kappa shape index (κ1) is 19.8. The highest BCUT2D eigenvalue weighted by Crippen LogP contribution is 2.19. The second-order valence-corrected chi connectivity index (χ2v) is 6.05. The van der Waals surface area contributed by atoms with Crippen molar-refractivity contribution in [2.75, 3.05) is 13.7 Å². The Morgan fingerprint density at radius 2 is 1.85 bits per heavy atom. The predicted octanol–water partition coefficient (Wildman–Crippen LogP) is 2.20. The fraction of sp³-hybridized carbons (Fsp3) is 0.263. The number of aliphatic hydroxyl groups is 1. The molecule has 0 heterocycles. The SMILES string of the molecule is COc1ccccc1CNC(=O)C(=O)NCC[C@@H](O)c1cccc(Cl)c1. The molecule has 138 valence electrons. The maximum absolute atomic E-state index is 11.9. The lowest BCUT2D eigenvalue weighted by Crippen LogP contribution is -2.40. The largest absolute Gasteiger partial charge is 0.496 e. The highest BCUT2D eigenvalue weighted by Gasteiger charge is 2.15. The highest BCUT2D eigenvalue weighted by molar-refractivity contribution is 6.35. The topological polar surface area (TPSA) is 87.7 Å². The average molecular weight is 377 g/mol. The zero-order chi connectivity index (χ0) is 18.9. The lowest BCUT2D eigenvalue weighted by atomic mass is 10.1. The lowest BCUT2D eigenvalue weighted by molar-refractivity contribution is -0.139. The standard InChI is InChI=1S/C19H21ClN2O4/c1-26-17-8-3-2-5-14(17)12-22-19(25)18(24)21-10-9-16(23)13-6-4-7-15(20)11-13/h2-8,11,16,23H,9-10,12H2,1H3,(H,21,24)(H,22,25)/t16-/m1/s1. The minimum absolute atomic E-state index is 0.161. The van der Waals surface area contributed by atoms with E-state index in [-0.39, 0.29) is 19.5 Å². The van der Waals surface area contributed by atoms with E-state index in [4.69, 9.17) is 16.3 Å². The summed E-state index contributed by atoms with van der Waals surface area (Å²) in [4.78, 5) is 23.7. The van der Waals surface area contributed by atoms with Crippen LogP contribution >= 0.6 is 11.6 Å². The van der Waals surface area contributed by atoms with Crippen LogP contribution in [0.15, 0.2) is 48.5 Å². The minimum Gasteiger partial charge on any atom is -0.496 e. The van der Waals surface area contributed by atoms with Crippen LogP contribution in [0.3, 0.4) is 0 Å². The van der Waals surface area contributed by atoms with E-state index in [1.54, 1.807) is 43.5 Å². The number of para-hydroxylation sites is 1. The van der Waals surface area contributed by atoms with Crippen molar-refractivity contribution in [3.05, 3.63) is 64.7 Å². The van der Waals surface area contributed by atoms with Crippen LogP contribution in [-0.2, 0) is 16.1 Å². The first-order valence-corrected chi connectivity index (χ1v) is 8.50. The van der Waals surface area contributed by atoms with E-state index in [2.05, 4.69) is 10.6 Å². The molecule has 1 atom stereocenters. The first-order valence-electron chi connectivity index (χ1n) is 8.12. The molecule has 0 aliphatic rings. The zero-order valence-corrected chi connectivity index (χ0v) is 15.1. The summed E-state index contributed by atoms with van der Waals surface area (Å²) in [5.41, 5.74) is 1.43. The molecule has 0 aliphatic carbocycles. The van der Waals surface area contributed by atoms with Crippen LogP contribution in [0, 0.1) is 0 Å². The van der Waals surface area contributed by atoms with Gasteiger partial charge in [-0.1, -0.05) is 41.9 Å². The second kappa shape index (κ2) is 9.79. The van der Waals surface area contributed by atoms with Crippen LogP contribution < -0.4 is 15.4 Å². The quantitative estimate of drug-likeness (QED) is 0.646. The summed E-state index contributed by atoms with van der Waals surface area (Å²) in [6, 6.07) is 14.1. The summed E-state index contributed by atoms with van der Waals surface area (Å²) in [5, 5.41) is 15.6. The number of aliphatic hydroxyl groups excluding tert-OH is 1. The van der Waals surface area contributed by atoms with Gasteiger partial charge in [-0.2, -0.15) is 0 Å². The van der Waals surface area contributed by atoms with Gasteiger partial charge in [-0.25, -0.2) is 0 Å². The van der Waals surface area contributed by atoms with Crippen LogP contribution in [0.2, 0.25) is 5.02 Å². The molecule has 0 saturated carbocycles. The average Bonchev–Trinajstić information content (AvgIpc) is 2.66. The van der Waals surface area contributed by atoms with Crippen molar-refractivity contribution >= 4 is 23.4 Å². The molecule has 0 bridgehead atoms. The summed E-state index contributed by atoms with van der Waals surface area (Å²) < 4.78 is 5.19. The number of rotatable bonds is 7. The number of hydrogen-bond donors (Lipinski definition) is 3. The molecule has 2 aromatic rings. The molecule has 26 heavy (non-hydrogen) atoms. The first-order chi connectivity index (χ1) is 12.5. The Kier molecular flexibility index (Phi) is 7.44. The van der Waals surface area contributed by atoms with Gasteiger partial charge in [-0.15, -0.1) is 0 Å². The summed E-state index contributed by atoms with van der Waals surface area (Å²) in [5.74, 6) is -0.857. The van der Waals surface area contributed by atoms with Gasteiger partial charge >= 0.3 is 11.8 Å². The number of benzene rings is 2. The maximum Gasteiger partial charge on any atom is 0.309 e. The van der Waals surface area contributed by atoms with E-state index in [1.807, 2.05) is 12.1 Å². The van der Waals surface area contributed by atoms with Gasteiger partial charge in [-0.3, -0.25) is 9.59 Å². The van der Waals surface area contributed by atoms with Gasteiger partial charge in [0.25, 0.3) is 0 Å². The molecule has 0 radical (unpaired) electrons. The van der Waals surface area contributed by atoms with E-state index in [0.717, 1.165) is 5.56 Å². The Balaban J connectivity index is 1.76. The normalized spacial score (nSPS) is 11.5. The fourth-order valence-electron chi connectivity index (χ4n) is 2.39. The molecule has 7 heteroatoms. The van der Waals surface area contributed by atoms with Crippen molar-refractivity contribution < 1.29 is 19.4 Å². The van der Waals surface area contributed by atoms with E-state index < -0.39 is 17.9 Å². The summed E-state index contributed by atoms with van der Waals surface area (Å²) in [6.07, 6.45) is -0.503. The molecule has 0 spiro atoms. The van der Waals surface area contributed by atoms with Gasteiger partial charge < -0.3 is 20.5 Å². The molecule has 0 saturated heterocycles. The molecule has 2 amide bonds. The van der Waals surface area contributed by atoms with E-state index in [9.17, 15) is 14.7 Å². The van der Waals surface area contributed by atoms with Crippen LogP contribution in [0.25, 0.3) is 0 Å². The maximum atomic E-state index is 11.9. The number of carbonyl (C=O) groups is 2. The lowest BCUT2D eigenvalue weighted by Gasteiger charge is -2.12. The third-order valence-corrected chi connectivity index (χ3v) is 4.01. The third-order valence-electron chi connectivity index (χ3n) is 3.77. The number of halogens is 1. The van der Waals surface area contributed by atoms with Crippen molar-refractivity contribution in [1.29, 1.82) is 0 Å². The number of nitrogens with one attached hydrogen (secondary N) is 2. The van der Waals surface area contributed by atoms with Crippen molar-refractivity contribution in [3.8, 4) is 5.75 Å². The zero-order valence-electron chi connectivity index (χ0n) is 14.4. The van der Waals surface area contributed by atoms with Crippen molar-refractivity contribution in [2.24, 2.45) is 0 Å². The smallest absolute Gasteiger partial charge is 0.309 e. The second-order valence-electron chi connectivity index (χ2n) is 5.61. The monoisotopic (exact) mass is 376 g/mol. The van der Waals surface area contributed by atoms with Gasteiger partial charge in [-0.05, 0) is 30.2 Å². The number of carbonyl (C=O) groups excluding carboxylic acids is 2. The molecular formula is C19H21ClN2O4. The summed E-state index contributed by atoms with van der Waals surface area (Å²) >= 11 is 5.88. The van der Waals surface area contributed by atoms with Crippen LogP contribution in [-0.4, -0.2) is 30.6 Å². The van der Waals surface area contributed by atoms with Gasteiger partial charge in [0.15, 0.2) is 0 Å². The number of hydrogen-bond acceptors (Lipinski definition) is 4. The highest BCUT2D eigenvalue weighted by atomic mass is 35.5. The molecule has 2 aromatic carbocycles. The van der Waals surface area contributed by atoms with Gasteiger partial charge in [0.1, 0.15) is 5.75 Å². The summed E-state index contributed by atoms with van der Waals surface area (Å²) in [7, 11) is 1.54. The molecule has 0 aromatic heterocycles. The molecule has 0 aliphatic heterocycles. The third kappa shape index (κ3) is 5.75. The minimum atomic E-state index is -0.773. The summed E-state index contributed by atoms with van der Waals surface area (Å²) in [6.45, 7) is 0.343. The van der Waals surface area contributed by atoms with Gasteiger partial charge in [0.2, 0.25) is 0 Å². The van der Waals surface area contributed by atoms with Crippen LogP contribution in [0.1, 0.15) is 23.7 Å². The predicted molar refractivity (Wildman–Crippen MR) is 98.9 cm³/mol. The van der Waals surface area contributed by atoms with E-state index >= 15 is 0 Å². The molecule has 6 nitrogen and oxygen atoms in total. The van der Waals surface area contributed by atoms with Crippen molar-refractivity contribution in [2.45, 2.75) is 19.1 Å². The Hall–Kier alpha value is -2.57. The number of ether oxygens (including phenoxy) is 1. The number of amides is 2. The molecule has 0 fully saturated rings. The van der Waals surface area contributed by atoms with Crippen molar-refractivity contribution in [1.82, 2.24) is 10.6 Å². The Morgan fingerprint density at radius 3 is 2.58 bits per heavy atom. The van der Waals surface area contributed by atoms with E-state index in [0.29, 0.717) is 16.3 Å². The Morgan fingerprint density at radius 1 is 1.12 bits per heavy atom. The number of methoxy groups -OCH3 is 1. The molecule has 3 N–H and O–H groups in total. The Labute approximate surface area is 157 Å². The van der Waals surface area contributed by atoms with Crippen LogP contribution in [0.4, 0.5) is 0 Å². The Bertz CT molecular complexity index is 767. The van der Waals surface area contributed by atoms with Crippen molar-refractivity contribution in [3.63, 3.8) is 0 Å². The fourth-order valence-corrected chi connectivity index (χ4v) is 2.59.